The molecule has 0 atom stereocenters. The summed E-state index contributed by atoms with van der Waals surface area (Å²) in [6.45, 7) is 4.32. The van der Waals surface area contributed by atoms with Gasteiger partial charge in [0, 0.05) is 23.6 Å². The number of benzene rings is 3. The molecule has 172 valence electrons. The maximum Gasteiger partial charge on any atom is 0.338 e. The third-order valence-corrected chi connectivity index (χ3v) is 5.32. The Morgan fingerprint density at radius 2 is 1.71 bits per heavy atom. The standard InChI is InChI=1S/C28H26N2O4/c1-3-33-28(32)22-13-14-24-23(15-22)26(16-25(30-24)21-7-5-4-6-8-21)34-18-27(31)29-17-20-11-9-19(2)10-12-20/h4-16H,3,17-18H2,1-2H3,(H,29,31). The molecule has 4 rings (SSSR count). The van der Waals surface area contributed by atoms with Crippen molar-refractivity contribution in [1.29, 1.82) is 0 Å². The summed E-state index contributed by atoms with van der Waals surface area (Å²) >= 11 is 0. The molecule has 0 saturated heterocycles. The summed E-state index contributed by atoms with van der Waals surface area (Å²) in [5.74, 6) is -0.188. The van der Waals surface area contributed by atoms with Gasteiger partial charge >= 0.3 is 5.97 Å². The molecule has 1 aromatic heterocycles. The number of esters is 1. The number of amides is 1. The molecule has 6 heteroatoms. The highest BCUT2D eigenvalue weighted by Gasteiger charge is 2.14. The fourth-order valence-electron chi connectivity index (χ4n) is 3.51. The van der Waals surface area contributed by atoms with Gasteiger partial charge in [0.05, 0.1) is 23.4 Å². The molecule has 1 amide bonds. The van der Waals surface area contributed by atoms with Crippen LogP contribution in [0.15, 0.2) is 78.9 Å². The maximum absolute atomic E-state index is 12.5. The fourth-order valence-corrected chi connectivity index (χ4v) is 3.51. The number of nitrogens with one attached hydrogen (secondary N) is 1. The van der Waals surface area contributed by atoms with Gasteiger partial charge in [0.25, 0.3) is 5.91 Å². The minimum atomic E-state index is -0.418. The minimum Gasteiger partial charge on any atom is -0.483 e. The molecule has 0 aliphatic carbocycles. The van der Waals surface area contributed by atoms with Crippen LogP contribution in [0.4, 0.5) is 0 Å². The van der Waals surface area contributed by atoms with E-state index in [1.54, 1.807) is 31.2 Å². The predicted octanol–water partition coefficient (Wildman–Crippen LogP) is 5.08. The number of hydrogen-bond acceptors (Lipinski definition) is 5. The van der Waals surface area contributed by atoms with Gasteiger partial charge in [-0.3, -0.25) is 4.79 Å². The van der Waals surface area contributed by atoms with Crippen molar-refractivity contribution in [1.82, 2.24) is 10.3 Å². The summed E-state index contributed by atoms with van der Waals surface area (Å²) in [5.41, 5.74) is 4.87. The van der Waals surface area contributed by atoms with E-state index in [2.05, 4.69) is 5.32 Å². The SMILES string of the molecule is CCOC(=O)c1ccc2nc(-c3ccccc3)cc(OCC(=O)NCc3ccc(C)cc3)c2c1. The topological polar surface area (TPSA) is 77.5 Å². The van der Waals surface area contributed by atoms with Gasteiger partial charge in [0.2, 0.25) is 0 Å². The molecule has 0 fully saturated rings. The molecule has 0 radical (unpaired) electrons. The van der Waals surface area contributed by atoms with Crippen molar-refractivity contribution in [2.45, 2.75) is 20.4 Å². The third kappa shape index (κ3) is 5.59. The Balaban J connectivity index is 1.58. The van der Waals surface area contributed by atoms with Crippen LogP contribution in [0.1, 0.15) is 28.4 Å². The van der Waals surface area contributed by atoms with Crippen LogP contribution in [0.3, 0.4) is 0 Å². The first-order valence-corrected chi connectivity index (χ1v) is 11.2. The number of nitrogens with zero attached hydrogens (tertiary/aromatic N) is 1. The average molecular weight is 455 g/mol. The molecule has 0 spiro atoms. The Kier molecular flexibility index (Phi) is 7.18. The molecular formula is C28H26N2O4. The van der Waals surface area contributed by atoms with Gasteiger partial charge in [0.15, 0.2) is 6.61 Å². The molecular weight excluding hydrogens is 428 g/mol. The number of carbonyl (C=O) groups excluding carboxylic acids is 2. The van der Waals surface area contributed by atoms with E-state index in [-0.39, 0.29) is 19.1 Å². The lowest BCUT2D eigenvalue weighted by Gasteiger charge is -2.13. The Labute approximate surface area is 198 Å². The summed E-state index contributed by atoms with van der Waals surface area (Å²) in [6, 6.07) is 24.6. The molecule has 0 saturated carbocycles. The van der Waals surface area contributed by atoms with Crippen molar-refractivity contribution in [3.8, 4) is 17.0 Å². The zero-order valence-electron chi connectivity index (χ0n) is 19.2. The van der Waals surface area contributed by atoms with E-state index in [1.165, 1.54) is 5.56 Å². The summed E-state index contributed by atoms with van der Waals surface area (Å²) in [6.07, 6.45) is 0. The van der Waals surface area contributed by atoms with Crippen LogP contribution in [-0.4, -0.2) is 30.1 Å². The Hall–Kier alpha value is -4.19. The Morgan fingerprint density at radius 1 is 0.941 bits per heavy atom. The Bertz CT molecular complexity index is 1300. The van der Waals surface area contributed by atoms with Gasteiger partial charge in [-0.15, -0.1) is 0 Å². The third-order valence-electron chi connectivity index (χ3n) is 5.32. The number of carbonyl (C=O) groups is 2. The van der Waals surface area contributed by atoms with Gasteiger partial charge in [-0.1, -0.05) is 60.2 Å². The van der Waals surface area contributed by atoms with Crippen LogP contribution in [0, 0.1) is 6.92 Å². The van der Waals surface area contributed by atoms with E-state index < -0.39 is 5.97 Å². The molecule has 6 nitrogen and oxygen atoms in total. The lowest BCUT2D eigenvalue weighted by molar-refractivity contribution is -0.123. The van der Waals surface area contributed by atoms with E-state index in [4.69, 9.17) is 14.5 Å². The molecule has 34 heavy (non-hydrogen) atoms. The number of hydrogen-bond donors (Lipinski definition) is 1. The first-order chi connectivity index (χ1) is 16.5. The summed E-state index contributed by atoms with van der Waals surface area (Å²) in [7, 11) is 0. The van der Waals surface area contributed by atoms with Gasteiger partial charge in [-0.2, -0.15) is 0 Å². The van der Waals surface area contributed by atoms with Crippen molar-refractivity contribution >= 4 is 22.8 Å². The first-order valence-electron chi connectivity index (χ1n) is 11.2. The molecule has 1 heterocycles. The molecule has 0 aliphatic rings. The van der Waals surface area contributed by atoms with Gasteiger partial charge in [0.1, 0.15) is 5.75 Å². The highest BCUT2D eigenvalue weighted by molar-refractivity contribution is 5.97. The van der Waals surface area contributed by atoms with Crippen molar-refractivity contribution in [2.24, 2.45) is 0 Å². The lowest BCUT2D eigenvalue weighted by Crippen LogP contribution is -2.28. The van der Waals surface area contributed by atoms with Crippen molar-refractivity contribution in [3.05, 3.63) is 95.6 Å². The number of pyridine rings is 1. The van der Waals surface area contributed by atoms with E-state index in [9.17, 15) is 9.59 Å². The highest BCUT2D eigenvalue weighted by atomic mass is 16.5. The van der Waals surface area contributed by atoms with E-state index in [0.717, 1.165) is 11.1 Å². The van der Waals surface area contributed by atoms with E-state index in [1.807, 2.05) is 61.5 Å². The monoisotopic (exact) mass is 454 g/mol. The van der Waals surface area contributed by atoms with Crippen molar-refractivity contribution < 1.29 is 19.1 Å². The quantitative estimate of drug-likeness (QED) is 0.376. The van der Waals surface area contributed by atoms with Crippen LogP contribution in [0.2, 0.25) is 0 Å². The zero-order chi connectivity index (χ0) is 23.9. The molecule has 1 N–H and O–H groups in total. The van der Waals surface area contributed by atoms with Gasteiger partial charge in [-0.25, -0.2) is 9.78 Å². The normalized spacial score (nSPS) is 10.6. The predicted molar refractivity (Wildman–Crippen MR) is 132 cm³/mol. The number of aromatic nitrogens is 1. The van der Waals surface area contributed by atoms with Crippen molar-refractivity contribution in [3.63, 3.8) is 0 Å². The van der Waals surface area contributed by atoms with E-state index >= 15 is 0 Å². The van der Waals surface area contributed by atoms with Crippen LogP contribution in [0.5, 0.6) is 5.75 Å². The second kappa shape index (κ2) is 10.6. The first kappa shape index (κ1) is 23.0. The summed E-state index contributed by atoms with van der Waals surface area (Å²) in [4.78, 5) is 29.5. The molecule has 0 unspecified atom stereocenters. The van der Waals surface area contributed by atoms with Crippen LogP contribution in [-0.2, 0) is 16.1 Å². The molecule has 3 aromatic carbocycles. The second-order valence-corrected chi connectivity index (χ2v) is 7.88. The van der Waals surface area contributed by atoms with Crippen LogP contribution in [0.25, 0.3) is 22.2 Å². The number of rotatable bonds is 8. The number of ether oxygens (including phenoxy) is 2. The zero-order valence-corrected chi connectivity index (χ0v) is 19.2. The number of aryl methyl sites for hydroxylation is 1. The highest BCUT2D eigenvalue weighted by Crippen LogP contribution is 2.31. The molecule has 0 aliphatic heterocycles. The summed E-state index contributed by atoms with van der Waals surface area (Å²) < 4.78 is 11.1. The second-order valence-electron chi connectivity index (χ2n) is 7.88. The number of fused-ring (bicyclic) bond motifs is 1. The maximum atomic E-state index is 12.5. The Morgan fingerprint density at radius 3 is 2.44 bits per heavy atom. The van der Waals surface area contributed by atoms with Gasteiger partial charge in [-0.05, 0) is 37.6 Å². The van der Waals surface area contributed by atoms with Crippen molar-refractivity contribution in [2.75, 3.05) is 13.2 Å². The van der Waals surface area contributed by atoms with Gasteiger partial charge < -0.3 is 14.8 Å². The summed E-state index contributed by atoms with van der Waals surface area (Å²) in [5, 5.41) is 3.51. The van der Waals surface area contributed by atoms with Crippen LogP contribution < -0.4 is 10.1 Å². The molecule has 4 aromatic rings. The fraction of sp³-hybridized carbons (Fsp3) is 0.179. The average Bonchev–Trinajstić information content (AvgIpc) is 2.87. The van der Waals surface area contributed by atoms with Crippen LogP contribution >= 0.6 is 0 Å². The lowest BCUT2D eigenvalue weighted by atomic mass is 10.1. The molecule has 0 bridgehead atoms. The minimum absolute atomic E-state index is 0.164. The smallest absolute Gasteiger partial charge is 0.338 e. The largest absolute Gasteiger partial charge is 0.483 e. The van der Waals surface area contributed by atoms with E-state index in [0.29, 0.717) is 34.5 Å².